The molecule has 90 valence electrons. The van der Waals surface area contributed by atoms with E-state index in [1.165, 1.54) is 0 Å². The topological polar surface area (TPSA) is 27.7 Å². The molecule has 0 spiro atoms. The number of fused-ring (bicyclic) bond motifs is 1. The predicted molar refractivity (Wildman–Crippen MR) is 68.3 cm³/mol. The Morgan fingerprint density at radius 3 is 2.06 bits per heavy atom. The molecule has 0 heterocycles. The van der Waals surface area contributed by atoms with Gasteiger partial charge in [0.15, 0.2) is 0 Å². The third-order valence-electron chi connectivity index (χ3n) is 2.96. The highest BCUT2D eigenvalue weighted by Gasteiger charge is 2.13. The van der Waals surface area contributed by atoms with Crippen molar-refractivity contribution in [3.05, 3.63) is 29.8 Å². The predicted octanol–water partition coefficient (Wildman–Crippen LogP) is 3.17. The highest BCUT2D eigenvalue weighted by atomic mass is 16.5. The van der Waals surface area contributed by atoms with E-state index < -0.39 is 0 Å². The number of methoxy groups -OCH3 is 3. The smallest absolute Gasteiger partial charge is 0.130 e. The summed E-state index contributed by atoms with van der Waals surface area (Å²) in [4.78, 5) is 0. The maximum atomic E-state index is 5.40. The van der Waals surface area contributed by atoms with E-state index in [2.05, 4.69) is 0 Å². The Kier molecular flexibility index (Phi) is 3.09. The van der Waals surface area contributed by atoms with Crippen molar-refractivity contribution in [2.24, 2.45) is 0 Å². The number of aryl methyl sites for hydroxylation is 1. The first-order chi connectivity index (χ1) is 8.22. The Bertz CT molecular complexity index is 547. The first kappa shape index (κ1) is 11.6. The maximum Gasteiger partial charge on any atom is 0.130 e. The molecular weight excluding hydrogens is 216 g/mol. The highest BCUT2D eigenvalue weighted by Crippen LogP contribution is 2.39. The molecule has 0 aliphatic heterocycles. The standard InChI is InChI=1S/C14H16O3/c1-9-12(16-3)8-13(17-4)10-6-5-7-11(15-2)14(9)10/h5-8H,1-4H3. The first-order valence-corrected chi connectivity index (χ1v) is 5.41. The van der Waals surface area contributed by atoms with Gasteiger partial charge in [-0.2, -0.15) is 0 Å². The highest BCUT2D eigenvalue weighted by molar-refractivity contribution is 5.97. The summed E-state index contributed by atoms with van der Waals surface area (Å²) in [5, 5.41) is 2.07. The van der Waals surface area contributed by atoms with Crippen molar-refractivity contribution in [1.29, 1.82) is 0 Å². The van der Waals surface area contributed by atoms with Gasteiger partial charge in [-0.1, -0.05) is 12.1 Å². The number of rotatable bonds is 3. The van der Waals surface area contributed by atoms with Crippen LogP contribution < -0.4 is 14.2 Å². The Morgan fingerprint density at radius 1 is 0.824 bits per heavy atom. The van der Waals surface area contributed by atoms with Gasteiger partial charge in [-0.05, 0) is 13.0 Å². The van der Waals surface area contributed by atoms with E-state index in [4.69, 9.17) is 14.2 Å². The lowest BCUT2D eigenvalue weighted by Gasteiger charge is -2.14. The lowest BCUT2D eigenvalue weighted by Crippen LogP contribution is -1.94. The van der Waals surface area contributed by atoms with Gasteiger partial charge in [0.2, 0.25) is 0 Å². The molecule has 0 aliphatic rings. The van der Waals surface area contributed by atoms with Crippen LogP contribution in [-0.4, -0.2) is 21.3 Å². The third-order valence-corrected chi connectivity index (χ3v) is 2.96. The van der Waals surface area contributed by atoms with Crippen LogP contribution >= 0.6 is 0 Å². The fourth-order valence-corrected chi connectivity index (χ4v) is 2.10. The Balaban J connectivity index is 2.89. The minimum Gasteiger partial charge on any atom is -0.496 e. The van der Waals surface area contributed by atoms with E-state index in [0.717, 1.165) is 33.6 Å². The van der Waals surface area contributed by atoms with Gasteiger partial charge in [-0.25, -0.2) is 0 Å². The van der Waals surface area contributed by atoms with Crippen molar-refractivity contribution < 1.29 is 14.2 Å². The van der Waals surface area contributed by atoms with Gasteiger partial charge in [0, 0.05) is 22.4 Å². The number of hydrogen-bond donors (Lipinski definition) is 0. The van der Waals surface area contributed by atoms with E-state index in [0.29, 0.717) is 0 Å². The van der Waals surface area contributed by atoms with Crippen LogP contribution in [0.1, 0.15) is 5.56 Å². The fraction of sp³-hybridized carbons (Fsp3) is 0.286. The molecule has 2 aromatic rings. The van der Waals surface area contributed by atoms with Crippen LogP contribution in [-0.2, 0) is 0 Å². The van der Waals surface area contributed by atoms with Gasteiger partial charge < -0.3 is 14.2 Å². The van der Waals surface area contributed by atoms with Crippen LogP contribution in [0.5, 0.6) is 17.2 Å². The summed E-state index contributed by atoms with van der Waals surface area (Å²) < 4.78 is 16.1. The van der Waals surface area contributed by atoms with Crippen LogP contribution in [0.25, 0.3) is 10.8 Å². The fourth-order valence-electron chi connectivity index (χ4n) is 2.10. The van der Waals surface area contributed by atoms with Crippen LogP contribution in [0, 0.1) is 6.92 Å². The Labute approximate surface area is 101 Å². The van der Waals surface area contributed by atoms with Gasteiger partial charge in [-0.3, -0.25) is 0 Å². The van der Waals surface area contributed by atoms with E-state index in [-0.39, 0.29) is 0 Å². The van der Waals surface area contributed by atoms with Crippen LogP contribution in [0.4, 0.5) is 0 Å². The molecule has 17 heavy (non-hydrogen) atoms. The van der Waals surface area contributed by atoms with E-state index in [1.807, 2.05) is 31.2 Å². The Morgan fingerprint density at radius 2 is 1.47 bits per heavy atom. The van der Waals surface area contributed by atoms with E-state index in [9.17, 15) is 0 Å². The van der Waals surface area contributed by atoms with Crippen molar-refractivity contribution in [3.8, 4) is 17.2 Å². The molecule has 0 saturated carbocycles. The second kappa shape index (κ2) is 4.53. The van der Waals surface area contributed by atoms with Crippen LogP contribution in [0.3, 0.4) is 0 Å². The zero-order chi connectivity index (χ0) is 12.4. The van der Waals surface area contributed by atoms with Gasteiger partial charge in [0.05, 0.1) is 21.3 Å². The summed E-state index contributed by atoms with van der Waals surface area (Å²) in [5.41, 5.74) is 1.06. The van der Waals surface area contributed by atoms with E-state index in [1.54, 1.807) is 21.3 Å². The molecule has 2 aromatic carbocycles. The summed E-state index contributed by atoms with van der Waals surface area (Å²) in [6, 6.07) is 7.81. The lowest BCUT2D eigenvalue weighted by atomic mass is 10.0. The molecule has 3 heteroatoms. The quantitative estimate of drug-likeness (QED) is 0.813. The number of hydrogen-bond acceptors (Lipinski definition) is 3. The maximum absolute atomic E-state index is 5.40. The van der Waals surface area contributed by atoms with Crippen molar-refractivity contribution in [3.63, 3.8) is 0 Å². The molecule has 0 atom stereocenters. The summed E-state index contributed by atoms with van der Waals surface area (Å²) in [7, 11) is 4.98. The van der Waals surface area contributed by atoms with E-state index >= 15 is 0 Å². The van der Waals surface area contributed by atoms with Crippen LogP contribution in [0.2, 0.25) is 0 Å². The van der Waals surface area contributed by atoms with Crippen molar-refractivity contribution in [2.75, 3.05) is 21.3 Å². The van der Waals surface area contributed by atoms with Crippen molar-refractivity contribution >= 4 is 10.8 Å². The SMILES string of the molecule is COc1cc(OC)c2cccc(OC)c2c1C. The zero-order valence-corrected chi connectivity index (χ0v) is 10.5. The number of ether oxygens (including phenoxy) is 3. The lowest BCUT2D eigenvalue weighted by molar-refractivity contribution is 0.394. The molecule has 0 N–H and O–H groups in total. The summed E-state index contributed by atoms with van der Waals surface area (Å²) in [6.07, 6.45) is 0. The molecule has 0 aromatic heterocycles. The molecule has 0 radical (unpaired) electrons. The molecular formula is C14H16O3. The van der Waals surface area contributed by atoms with Gasteiger partial charge in [-0.15, -0.1) is 0 Å². The molecule has 0 unspecified atom stereocenters. The monoisotopic (exact) mass is 232 g/mol. The summed E-state index contributed by atoms with van der Waals surface area (Å²) >= 11 is 0. The second-order valence-corrected chi connectivity index (χ2v) is 3.79. The molecule has 3 nitrogen and oxygen atoms in total. The average molecular weight is 232 g/mol. The zero-order valence-electron chi connectivity index (χ0n) is 10.5. The number of benzene rings is 2. The van der Waals surface area contributed by atoms with Gasteiger partial charge in [0.1, 0.15) is 17.2 Å². The average Bonchev–Trinajstić information content (AvgIpc) is 2.38. The van der Waals surface area contributed by atoms with Crippen molar-refractivity contribution in [2.45, 2.75) is 6.92 Å². The molecule has 0 saturated heterocycles. The molecule has 0 fully saturated rings. The molecule has 0 aliphatic carbocycles. The Hall–Kier alpha value is -1.90. The van der Waals surface area contributed by atoms with Gasteiger partial charge in [0.25, 0.3) is 0 Å². The van der Waals surface area contributed by atoms with Crippen molar-refractivity contribution in [1.82, 2.24) is 0 Å². The normalized spacial score (nSPS) is 10.4. The summed E-state index contributed by atoms with van der Waals surface area (Å²) in [5.74, 6) is 2.43. The van der Waals surface area contributed by atoms with Crippen LogP contribution in [0.15, 0.2) is 24.3 Å². The first-order valence-electron chi connectivity index (χ1n) is 5.41. The second-order valence-electron chi connectivity index (χ2n) is 3.79. The molecule has 0 amide bonds. The van der Waals surface area contributed by atoms with Gasteiger partial charge >= 0.3 is 0 Å². The minimum absolute atomic E-state index is 0.793. The summed E-state index contributed by atoms with van der Waals surface area (Å²) in [6.45, 7) is 2.02. The minimum atomic E-state index is 0.793. The third kappa shape index (κ3) is 1.78. The molecule has 2 rings (SSSR count). The molecule has 0 bridgehead atoms. The largest absolute Gasteiger partial charge is 0.496 e.